The zero-order valence-corrected chi connectivity index (χ0v) is 22.0. The van der Waals surface area contributed by atoms with Crippen molar-refractivity contribution in [3.8, 4) is 22.3 Å². The van der Waals surface area contributed by atoms with Crippen LogP contribution in [0.4, 0.5) is 11.4 Å². The van der Waals surface area contributed by atoms with E-state index in [9.17, 15) is 0 Å². The fourth-order valence-corrected chi connectivity index (χ4v) is 7.74. The van der Waals surface area contributed by atoms with E-state index in [1.165, 1.54) is 81.6 Å². The molecule has 1 heteroatoms. The van der Waals surface area contributed by atoms with Crippen LogP contribution in [0.25, 0.3) is 22.3 Å². The molecule has 180 valence electrons. The molecule has 2 atom stereocenters. The molecular formula is C35H35N. The molecule has 4 aromatic rings. The highest BCUT2D eigenvalue weighted by atomic mass is 15.3. The fourth-order valence-electron chi connectivity index (χ4n) is 7.74. The predicted molar refractivity (Wildman–Crippen MR) is 152 cm³/mol. The summed E-state index contributed by atoms with van der Waals surface area (Å²) in [6.45, 7) is 9.77. The van der Waals surface area contributed by atoms with Crippen molar-refractivity contribution in [3.63, 3.8) is 0 Å². The maximum Gasteiger partial charge on any atom is 0.0518 e. The Bertz CT molecular complexity index is 1510. The maximum atomic E-state index is 2.72. The van der Waals surface area contributed by atoms with Gasteiger partial charge in [0.05, 0.1) is 5.54 Å². The predicted octanol–water partition coefficient (Wildman–Crippen LogP) is 9.28. The van der Waals surface area contributed by atoms with Crippen LogP contribution in [-0.4, -0.2) is 5.54 Å². The van der Waals surface area contributed by atoms with Crippen molar-refractivity contribution in [2.75, 3.05) is 4.90 Å². The summed E-state index contributed by atoms with van der Waals surface area (Å²) in [6, 6.07) is 29.8. The zero-order chi connectivity index (χ0) is 24.7. The van der Waals surface area contributed by atoms with Crippen LogP contribution in [0.15, 0.2) is 78.9 Å². The van der Waals surface area contributed by atoms with Crippen molar-refractivity contribution in [2.45, 2.75) is 70.8 Å². The smallest absolute Gasteiger partial charge is 0.0518 e. The zero-order valence-electron chi connectivity index (χ0n) is 22.0. The molecule has 2 aliphatic carbocycles. The number of anilines is 2. The Morgan fingerprint density at radius 2 is 1.39 bits per heavy atom. The minimum absolute atomic E-state index is 0.0876. The quantitative estimate of drug-likeness (QED) is 0.249. The lowest BCUT2D eigenvalue weighted by molar-refractivity contribution is 0.195. The standard InChI is InChI=1S/C35H35N/c1-23-24(2)33-32(34(3)18-10-11-19-35(34,4)36(33)28-13-6-5-7-14-28)22-31(23)26-16-17-30-27(21-26)20-25-12-8-9-15-29(25)30/h5-9,12-17,21-22H,10-11,18-20H2,1-4H3. The molecule has 0 radical (unpaired) electrons. The van der Waals surface area contributed by atoms with Gasteiger partial charge in [0.15, 0.2) is 0 Å². The van der Waals surface area contributed by atoms with Crippen LogP contribution < -0.4 is 4.90 Å². The molecule has 0 amide bonds. The van der Waals surface area contributed by atoms with Gasteiger partial charge in [0, 0.05) is 16.8 Å². The molecule has 2 unspecified atom stereocenters. The third-order valence-corrected chi connectivity index (χ3v) is 10.1. The second-order valence-corrected chi connectivity index (χ2v) is 11.8. The minimum atomic E-state index is 0.0876. The van der Waals surface area contributed by atoms with Crippen LogP contribution >= 0.6 is 0 Å². The van der Waals surface area contributed by atoms with Crippen LogP contribution in [0.2, 0.25) is 0 Å². The van der Waals surface area contributed by atoms with Crippen molar-refractivity contribution < 1.29 is 0 Å². The first-order valence-electron chi connectivity index (χ1n) is 13.6. The van der Waals surface area contributed by atoms with Crippen molar-refractivity contribution >= 4 is 11.4 Å². The largest absolute Gasteiger partial charge is 0.334 e. The van der Waals surface area contributed by atoms with Crippen LogP contribution in [-0.2, 0) is 11.8 Å². The van der Waals surface area contributed by atoms with Gasteiger partial charge in [-0.3, -0.25) is 0 Å². The van der Waals surface area contributed by atoms with Crippen LogP contribution in [0.1, 0.15) is 67.3 Å². The number of para-hydroxylation sites is 1. The van der Waals surface area contributed by atoms with E-state index in [2.05, 4.69) is 111 Å². The highest BCUT2D eigenvalue weighted by Crippen LogP contribution is 2.62. The van der Waals surface area contributed by atoms with E-state index >= 15 is 0 Å². The van der Waals surface area contributed by atoms with Crippen LogP contribution in [0.3, 0.4) is 0 Å². The highest BCUT2D eigenvalue weighted by Gasteiger charge is 2.58. The Kier molecular flexibility index (Phi) is 4.62. The molecule has 1 saturated carbocycles. The van der Waals surface area contributed by atoms with Gasteiger partial charge in [0.1, 0.15) is 0 Å². The average Bonchev–Trinajstić information content (AvgIpc) is 3.36. The van der Waals surface area contributed by atoms with Gasteiger partial charge >= 0.3 is 0 Å². The van der Waals surface area contributed by atoms with Crippen molar-refractivity contribution in [2.24, 2.45) is 0 Å². The van der Waals surface area contributed by atoms with Crippen LogP contribution in [0.5, 0.6) is 0 Å². The van der Waals surface area contributed by atoms with E-state index < -0.39 is 0 Å². The van der Waals surface area contributed by atoms with Gasteiger partial charge in [-0.2, -0.15) is 0 Å². The summed E-state index contributed by atoms with van der Waals surface area (Å²) in [4.78, 5) is 2.72. The number of benzene rings is 4. The summed E-state index contributed by atoms with van der Waals surface area (Å²) in [6.07, 6.45) is 6.15. The van der Waals surface area contributed by atoms with E-state index in [0.717, 1.165) is 6.42 Å². The molecular weight excluding hydrogens is 434 g/mol. The first-order chi connectivity index (χ1) is 17.4. The normalized spacial score (nSPS) is 23.7. The van der Waals surface area contributed by atoms with E-state index in [1.54, 1.807) is 5.56 Å². The number of rotatable bonds is 2. The molecule has 1 aliphatic heterocycles. The summed E-state index contributed by atoms with van der Waals surface area (Å²) in [7, 11) is 0. The Hall–Kier alpha value is -3.32. The lowest BCUT2D eigenvalue weighted by Crippen LogP contribution is -2.54. The van der Waals surface area contributed by atoms with Crippen LogP contribution in [0, 0.1) is 13.8 Å². The third kappa shape index (κ3) is 2.78. The molecule has 0 saturated heterocycles. The lowest BCUT2D eigenvalue weighted by atomic mass is 9.61. The molecule has 1 heterocycles. The molecule has 3 aliphatic rings. The summed E-state index contributed by atoms with van der Waals surface area (Å²) < 4.78 is 0. The van der Waals surface area contributed by atoms with Gasteiger partial charge < -0.3 is 4.90 Å². The summed E-state index contributed by atoms with van der Waals surface area (Å²) >= 11 is 0. The Balaban J connectivity index is 1.43. The Morgan fingerprint density at radius 1 is 0.667 bits per heavy atom. The lowest BCUT2D eigenvalue weighted by Gasteiger charge is -2.50. The molecule has 4 aromatic carbocycles. The molecule has 1 fully saturated rings. The highest BCUT2D eigenvalue weighted by molar-refractivity contribution is 5.87. The Labute approximate surface area is 215 Å². The fraction of sp³-hybridized carbons (Fsp3) is 0.314. The van der Waals surface area contributed by atoms with Gasteiger partial charge in [-0.05, 0) is 108 Å². The minimum Gasteiger partial charge on any atom is -0.334 e. The molecule has 0 bridgehead atoms. The summed E-state index contributed by atoms with van der Waals surface area (Å²) in [5, 5.41) is 0. The molecule has 0 spiro atoms. The number of nitrogens with zero attached hydrogens (tertiary/aromatic N) is 1. The molecule has 0 aromatic heterocycles. The number of hydrogen-bond acceptors (Lipinski definition) is 1. The molecule has 0 N–H and O–H groups in total. The SMILES string of the molecule is Cc1c(-c2ccc3c(c2)Cc2ccccc2-3)cc2c(c1C)N(c1ccccc1)C1(C)CCCCC21C. The van der Waals surface area contributed by atoms with Gasteiger partial charge in [0.2, 0.25) is 0 Å². The second-order valence-electron chi connectivity index (χ2n) is 11.8. The van der Waals surface area contributed by atoms with Crippen molar-refractivity contribution in [3.05, 3.63) is 107 Å². The third-order valence-electron chi connectivity index (χ3n) is 10.1. The van der Waals surface area contributed by atoms with E-state index in [1.807, 2.05) is 0 Å². The number of fused-ring (bicyclic) bond motifs is 6. The summed E-state index contributed by atoms with van der Waals surface area (Å²) in [5.74, 6) is 0. The van der Waals surface area contributed by atoms with E-state index in [0.29, 0.717) is 0 Å². The Morgan fingerprint density at radius 3 is 2.22 bits per heavy atom. The van der Waals surface area contributed by atoms with Crippen molar-refractivity contribution in [1.82, 2.24) is 0 Å². The van der Waals surface area contributed by atoms with E-state index in [-0.39, 0.29) is 11.0 Å². The van der Waals surface area contributed by atoms with Gasteiger partial charge in [-0.15, -0.1) is 0 Å². The molecule has 1 nitrogen and oxygen atoms in total. The summed E-state index contributed by atoms with van der Waals surface area (Å²) in [5.41, 5.74) is 15.9. The monoisotopic (exact) mass is 469 g/mol. The molecule has 36 heavy (non-hydrogen) atoms. The van der Waals surface area contributed by atoms with Crippen molar-refractivity contribution in [1.29, 1.82) is 0 Å². The van der Waals surface area contributed by atoms with Gasteiger partial charge in [-0.1, -0.05) is 80.4 Å². The first-order valence-corrected chi connectivity index (χ1v) is 13.6. The van der Waals surface area contributed by atoms with E-state index in [4.69, 9.17) is 0 Å². The average molecular weight is 470 g/mol. The maximum absolute atomic E-state index is 2.72. The van der Waals surface area contributed by atoms with Gasteiger partial charge in [0.25, 0.3) is 0 Å². The molecule has 7 rings (SSSR count). The van der Waals surface area contributed by atoms with Gasteiger partial charge in [-0.25, -0.2) is 0 Å². The number of hydrogen-bond donors (Lipinski definition) is 0. The second kappa shape index (κ2) is 7.59. The first kappa shape index (κ1) is 21.9. The topological polar surface area (TPSA) is 3.24 Å².